The molecule has 0 atom stereocenters. The number of ether oxygens (including phenoxy) is 1. The van der Waals surface area contributed by atoms with Gasteiger partial charge in [0.2, 0.25) is 0 Å². The SMILES string of the molecule is Cc1ccc(COc2cc(N)ccc2C(N)=O)cc1. The minimum Gasteiger partial charge on any atom is -0.488 e. The zero-order valence-electron chi connectivity index (χ0n) is 10.7. The van der Waals surface area contributed by atoms with E-state index in [0.29, 0.717) is 23.6 Å². The zero-order valence-corrected chi connectivity index (χ0v) is 10.7. The van der Waals surface area contributed by atoms with Crippen molar-refractivity contribution in [2.45, 2.75) is 13.5 Å². The number of primary amides is 1. The molecule has 1 amide bonds. The molecule has 0 bridgehead atoms. The van der Waals surface area contributed by atoms with Crippen LogP contribution in [0.1, 0.15) is 21.5 Å². The molecule has 0 saturated heterocycles. The average Bonchev–Trinajstić information content (AvgIpc) is 2.38. The van der Waals surface area contributed by atoms with Crippen molar-refractivity contribution in [2.24, 2.45) is 5.73 Å². The number of carbonyl (C=O) groups excluding carboxylic acids is 1. The van der Waals surface area contributed by atoms with E-state index in [1.807, 2.05) is 31.2 Å². The number of anilines is 1. The van der Waals surface area contributed by atoms with Crippen LogP contribution < -0.4 is 16.2 Å². The van der Waals surface area contributed by atoms with Gasteiger partial charge in [-0.2, -0.15) is 0 Å². The van der Waals surface area contributed by atoms with Gasteiger partial charge in [-0.1, -0.05) is 29.8 Å². The maximum absolute atomic E-state index is 11.3. The standard InChI is InChI=1S/C15H16N2O2/c1-10-2-4-11(5-3-10)9-19-14-8-12(16)6-7-13(14)15(17)18/h2-8H,9,16H2,1H3,(H2,17,18). The Balaban J connectivity index is 2.16. The van der Waals surface area contributed by atoms with Crippen LogP contribution in [0.25, 0.3) is 0 Å². The number of aryl methyl sites for hydroxylation is 1. The molecule has 0 aliphatic carbocycles. The van der Waals surface area contributed by atoms with Gasteiger partial charge in [0.15, 0.2) is 0 Å². The van der Waals surface area contributed by atoms with E-state index in [2.05, 4.69) is 0 Å². The van der Waals surface area contributed by atoms with Gasteiger partial charge in [0.05, 0.1) is 5.56 Å². The van der Waals surface area contributed by atoms with Crippen molar-refractivity contribution in [2.75, 3.05) is 5.73 Å². The molecular formula is C15H16N2O2. The lowest BCUT2D eigenvalue weighted by molar-refractivity contribution is 0.0996. The van der Waals surface area contributed by atoms with Gasteiger partial charge in [0.25, 0.3) is 5.91 Å². The van der Waals surface area contributed by atoms with Crippen LogP contribution >= 0.6 is 0 Å². The maximum Gasteiger partial charge on any atom is 0.252 e. The lowest BCUT2D eigenvalue weighted by atomic mass is 10.1. The number of rotatable bonds is 4. The van der Waals surface area contributed by atoms with Gasteiger partial charge in [-0.25, -0.2) is 0 Å². The molecule has 4 heteroatoms. The molecule has 4 N–H and O–H groups in total. The lowest BCUT2D eigenvalue weighted by Gasteiger charge is -2.10. The number of carbonyl (C=O) groups is 1. The van der Waals surface area contributed by atoms with Crippen LogP contribution in [-0.4, -0.2) is 5.91 Å². The zero-order chi connectivity index (χ0) is 13.8. The Hall–Kier alpha value is -2.49. The van der Waals surface area contributed by atoms with E-state index in [0.717, 1.165) is 5.56 Å². The molecule has 0 aliphatic rings. The summed E-state index contributed by atoms with van der Waals surface area (Å²) in [6.07, 6.45) is 0. The molecule has 2 aromatic rings. The first-order valence-corrected chi connectivity index (χ1v) is 5.94. The van der Waals surface area contributed by atoms with Crippen LogP contribution in [-0.2, 0) is 6.61 Å². The van der Waals surface area contributed by atoms with E-state index in [1.165, 1.54) is 5.56 Å². The van der Waals surface area contributed by atoms with Gasteiger partial charge in [0.1, 0.15) is 12.4 Å². The van der Waals surface area contributed by atoms with Crippen molar-refractivity contribution in [3.8, 4) is 5.75 Å². The normalized spacial score (nSPS) is 10.2. The van der Waals surface area contributed by atoms with Crippen molar-refractivity contribution in [3.05, 3.63) is 59.2 Å². The summed E-state index contributed by atoms with van der Waals surface area (Å²) in [5.74, 6) is -0.119. The van der Waals surface area contributed by atoms with E-state index in [4.69, 9.17) is 16.2 Å². The average molecular weight is 256 g/mol. The second kappa shape index (κ2) is 5.44. The summed E-state index contributed by atoms with van der Waals surface area (Å²) in [4.78, 5) is 11.3. The van der Waals surface area contributed by atoms with E-state index in [1.54, 1.807) is 18.2 Å². The molecule has 0 saturated carbocycles. The largest absolute Gasteiger partial charge is 0.488 e. The van der Waals surface area contributed by atoms with Crippen LogP contribution in [0.3, 0.4) is 0 Å². The van der Waals surface area contributed by atoms with Crippen LogP contribution in [0.2, 0.25) is 0 Å². The third kappa shape index (κ3) is 3.25. The molecule has 98 valence electrons. The highest BCUT2D eigenvalue weighted by atomic mass is 16.5. The smallest absolute Gasteiger partial charge is 0.252 e. The number of hydrogen-bond acceptors (Lipinski definition) is 3. The van der Waals surface area contributed by atoms with Crippen molar-refractivity contribution >= 4 is 11.6 Å². The molecule has 0 aliphatic heterocycles. The summed E-state index contributed by atoms with van der Waals surface area (Å²) in [5.41, 5.74) is 14.0. The molecule has 4 nitrogen and oxygen atoms in total. The molecule has 0 unspecified atom stereocenters. The Labute approximate surface area is 112 Å². The predicted octanol–water partition coefficient (Wildman–Crippen LogP) is 2.26. The molecule has 0 aromatic heterocycles. The fourth-order valence-corrected chi connectivity index (χ4v) is 1.71. The highest BCUT2D eigenvalue weighted by Crippen LogP contribution is 2.22. The summed E-state index contributed by atoms with van der Waals surface area (Å²) in [6, 6.07) is 12.8. The second-order valence-corrected chi connectivity index (χ2v) is 4.39. The Morgan fingerprint density at radius 3 is 2.47 bits per heavy atom. The monoisotopic (exact) mass is 256 g/mol. The van der Waals surface area contributed by atoms with E-state index in [9.17, 15) is 4.79 Å². The van der Waals surface area contributed by atoms with Crippen LogP contribution in [0, 0.1) is 6.92 Å². The molecule has 19 heavy (non-hydrogen) atoms. The lowest BCUT2D eigenvalue weighted by Crippen LogP contribution is -2.13. The highest BCUT2D eigenvalue weighted by molar-refractivity contribution is 5.96. The Bertz CT molecular complexity index is 592. The third-order valence-electron chi connectivity index (χ3n) is 2.79. The van der Waals surface area contributed by atoms with E-state index >= 15 is 0 Å². The summed E-state index contributed by atoms with van der Waals surface area (Å²) >= 11 is 0. The summed E-state index contributed by atoms with van der Waals surface area (Å²) in [6.45, 7) is 2.39. The third-order valence-corrected chi connectivity index (χ3v) is 2.79. The van der Waals surface area contributed by atoms with E-state index in [-0.39, 0.29) is 0 Å². The maximum atomic E-state index is 11.3. The first kappa shape index (κ1) is 13.0. The Morgan fingerprint density at radius 2 is 1.84 bits per heavy atom. The first-order valence-electron chi connectivity index (χ1n) is 5.94. The topological polar surface area (TPSA) is 78.3 Å². The summed E-state index contributed by atoms with van der Waals surface area (Å²) < 4.78 is 5.62. The van der Waals surface area contributed by atoms with Crippen LogP contribution in [0.5, 0.6) is 5.75 Å². The molecule has 0 radical (unpaired) electrons. The van der Waals surface area contributed by atoms with Crippen molar-refractivity contribution in [1.29, 1.82) is 0 Å². The number of hydrogen-bond donors (Lipinski definition) is 2. The van der Waals surface area contributed by atoms with Gasteiger partial charge < -0.3 is 16.2 Å². The highest BCUT2D eigenvalue weighted by Gasteiger charge is 2.09. The Kier molecular flexibility index (Phi) is 3.71. The van der Waals surface area contributed by atoms with Crippen molar-refractivity contribution in [1.82, 2.24) is 0 Å². The first-order chi connectivity index (χ1) is 9.06. The van der Waals surface area contributed by atoms with Gasteiger partial charge >= 0.3 is 0 Å². The van der Waals surface area contributed by atoms with Gasteiger partial charge in [-0.3, -0.25) is 4.79 Å². The molecule has 2 rings (SSSR count). The van der Waals surface area contributed by atoms with Crippen LogP contribution in [0.4, 0.5) is 5.69 Å². The fraction of sp³-hybridized carbons (Fsp3) is 0.133. The number of nitrogens with two attached hydrogens (primary N) is 2. The molecule has 2 aromatic carbocycles. The van der Waals surface area contributed by atoms with Gasteiger partial charge in [0, 0.05) is 11.8 Å². The van der Waals surface area contributed by atoms with Gasteiger partial charge in [-0.05, 0) is 24.6 Å². The van der Waals surface area contributed by atoms with Crippen molar-refractivity contribution in [3.63, 3.8) is 0 Å². The molecule has 0 spiro atoms. The van der Waals surface area contributed by atoms with Crippen LogP contribution in [0.15, 0.2) is 42.5 Å². The number of amides is 1. The van der Waals surface area contributed by atoms with Gasteiger partial charge in [-0.15, -0.1) is 0 Å². The molecular weight excluding hydrogens is 240 g/mol. The second-order valence-electron chi connectivity index (χ2n) is 4.39. The molecule has 0 fully saturated rings. The number of nitrogen functional groups attached to an aromatic ring is 1. The molecule has 0 heterocycles. The quantitative estimate of drug-likeness (QED) is 0.823. The fourth-order valence-electron chi connectivity index (χ4n) is 1.71. The van der Waals surface area contributed by atoms with Crippen molar-refractivity contribution < 1.29 is 9.53 Å². The van der Waals surface area contributed by atoms with E-state index < -0.39 is 5.91 Å². The predicted molar refractivity (Wildman–Crippen MR) is 74.9 cm³/mol. The Morgan fingerprint density at radius 1 is 1.16 bits per heavy atom. The summed E-state index contributed by atoms with van der Waals surface area (Å²) in [7, 11) is 0. The minimum absolute atomic E-state index is 0.335. The summed E-state index contributed by atoms with van der Waals surface area (Å²) in [5, 5.41) is 0. The number of benzene rings is 2. The minimum atomic E-state index is -0.529.